The number of rotatable bonds is 4. The highest BCUT2D eigenvalue weighted by Gasteiger charge is 2.32. The van der Waals surface area contributed by atoms with Crippen LogP contribution in [0.4, 0.5) is 0 Å². The Hall–Kier alpha value is -1.55. The van der Waals surface area contributed by atoms with Crippen molar-refractivity contribution in [3.63, 3.8) is 0 Å². The Morgan fingerprint density at radius 3 is 1.58 bits per heavy atom. The van der Waals surface area contributed by atoms with Gasteiger partial charge in [0.25, 0.3) is 11.8 Å². The summed E-state index contributed by atoms with van der Waals surface area (Å²) in [5.74, 6) is 1.10. The van der Waals surface area contributed by atoms with Gasteiger partial charge in [-0.1, -0.05) is 53.1 Å². The highest BCUT2D eigenvalue weighted by atomic mass is 35.5. The summed E-state index contributed by atoms with van der Waals surface area (Å²) in [6.45, 7) is 13.8. The molecule has 4 nitrogen and oxygen atoms in total. The van der Waals surface area contributed by atoms with Crippen molar-refractivity contribution in [3.05, 3.63) is 34.3 Å². The summed E-state index contributed by atoms with van der Waals surface area (Å²) < 4.78 is 0. The molecule has 2 fully saturated rings. The molecule has 2 amide bonds. The second-order valence-electron chi connectivity index (χ2n) is 12.5. The molecule has 0 bridgehead atoms. The third-order valence-corrected chi connectivity index (χ3v) is 8.38. The lowest BCUT2D eigenvalue weighted by atomic mass is 9.71. The van der Waals surface area contributed by atoms with E-state index in [0.717, 1.165) is 51.4 Å². The van der Waals surface area contributed by atoms with Crippen LogP contribution in [0.25, 0.3) is 0 Å². The summed E-state index contributed by atoms with van der Waals surface area (Å²) in [6, 6.07) is 5.39. The zero-order chi connectivity index (χ0) is 24.4. The van der Waals surface area contributed by atoms with Crippen LogP contribution in [-0.4, -0.2) is 23.9 Å². The van der Waals surface area contributed by atoms with E-state index in [0.29, 0.717) is 38.8 Å². The van der Waals surface area contributed by atoms with E-state index < -0.39 is 0 Å². The molecule has 0 saturated heterocycles. The highest BCUT2D eigenvalue weighted by Crippen LogP contribution is 2.39. The molecule has 0 atom stereocenters. The molecule has 0 heterocycles. The second kappa shape index (κ2) is 10.4. The van der Waals surface area contributed by atoms with E-state index in [4.69, 9.17) is 11.6 Å². The Labute approximate surface area is 205 Å². The van der Waals surface area contributed by atoms with E-state index >= 15 is 0 Å². The van der Waals surface area contributed by atoms with Crippen LogP contribution in [0.2, 0.25) is 5.02 Å². The molecule has 0 unspecified atom stereocenters. The van der Waals surface area contributed by atoms with Crippen LogP contribution in [0.5, 0.6) is 0 Å². The van der Waals surface area contributed by atoms with Gasteiger partial charge in [0.2, 0.25) is 0 Å². The normalized spacial score (nSPS) is 26.5. The molecule has 3 rings (SSSR count). The fourth-order valence-electron chi connectivity index (χ4n) is 5.58. The SMILES string of the molecule is CC(C)(C)C1CCC(NC(=O)c2ccc(Cl)c(C(=O)NC3CCC(C(C)(C)C)CC3)c2)CC1. The van der Waals surface area contributed by atoms with Gasteiger partial charge in [0.15, 0.2) is 0 Å². The van der Waals surface area contributed by atoms with E-state index in [1.807, 2.05) is 0 Å². The first-order valence-electron chi connectivity index (χ1n) is 12.8. The van der Waals surface area contributed by atoms with Crippen LogP contribution >= 0.6 is 11.6 Å². The van der Waals surface area contributed by atoms with Gasteiger partial charge in [-0.25, -0.2) is 0 Å². The van der Waals surface area contributed by atoms with Crippen molar-refractivity contribution >= 4 is 23.4 Å². The number of hydrogen-bond donors (Lipinski definition) is 2. The zero-order valence-electron chi connectivity index (χ0n) is 21.4. The summed E-state index contributed by atoms with van der Waals surface area (Å²) in [5.41, 5.74) is 1.52. The molecule has 2 aliphatic carbocycles. The number of hydrogen-bond acceptors (Lipinski definition) is 2. The number of carbonyl (C=O) groups is 2. The van der Waals surface area contributed by atoms with Gasteiger partial charge in [-0.05, 0) is 92.2 Å². The maximum Gasteiger partial charge on any atom is 0.253 e. The van der Waals surface area contributed by atoms with Crippen molar-refractivity contribution in [1.82, 2.24) is 10.6 Å². The lowest BCUT2D eigenvalue weighted by Crippen LogP contribution is -2.40. The van der Waals surface area contributed by atoms with E-state index in [1.165, 1.54) is 0 Å². The first-order valence-corrected chi connectivity index (χ1v) is 13.1. The number of amides is 2. The van der Waals surface area contributed by atoms with E-state index in [1.54, 1.807) is 18.2 Å². The average molecular weight is 475 g/mol. The predicted molar refractivity (Wildman–Crippen MR) is 137 cm³/mol. The van der Waals surface area contributed by atoms with Crippen LogP contribution in [0.1, 0.15) is 114 Å². The molecule has 184 valence electrons. The molecule has 2 aliphatic rings. The van der Waals surface area contributed by atoms with Crippen LogP contribution < -0.4 is 10.6 Å². The van der Waals surface area contributed by atoms with Crippen LogP contribution in [0.3, 0.4) is 0 Å². The second-order valence-corrected chi connectivity index (χ2v) is 12.9. The van der Waals surface area contributed by atoms with E-state index in [9.17, 15) is 9.59 Å². The summed E-state index contributed by atoms with van der Waals surface area (Å²) in [5, 5.41) is 6.73. The predicted octanol–water partition coefficient (Wildman–Crippen LogP) is 7.01. The maximum atomic E-state index is 13.0. The van der Waals surface area contributed by atoms with Gasteiger partial charge in [-0.3, -0.25) is 9.59 Å². The van der Waals surface area contributed by atoms with Gasteiger partial charge in [-0.15, -0.1) is 0 Å². The number of halogens is 1. The van der Waals surface area contributed by atoms with Crippen LogP contribution in [0, 0.1) is 22.7 Å². The van der Waals surface area contributed by atoms with Gasteiger partial charge in [-0.2, -0.15) is 0 Å². The number of carbonyl (C=O) groups excluding carboxylic acids is 2. The van der Waals surface area contributed by atoms with Crippen LogP contribution in [0.15, 0.2) is 18.2 Å². The summed E-state index contributed by atoms with van der Waals surface area (Å²) in [4.78, 5) is 25.9. The minimum Gasteiger partial charge on any atom is -0.349 e. The molecule has 0 spiro atoms. The van der Waals surface area contributed by atoms with Gasteiger partial charge in [0.05, 0.1) is 10.6 Å². The fourth-order valence-corrected chi connectivity index (χ4v) is 5.78. The lowest BCUT2D eigenvalue weighted by Gasteiger charge is -2.37. The Kier molecular flexibility index (Phi) is 8.19. The Balaban J connectivity index is 1.57. The standard InChI is InChI=1S/C28H43ClN2O2/c1-27(2,3)19-8-12-21(13-9-19)30-25(32)18-7-16-24(29)23(17-18)26(33)31-22-14-10-20(11-15-22)28(4,5)6/h7,16-17,19-22H,8-15H2,1-6H3,(H,30,32)(H,31,33). The largest absolute Gasteiger partial charge is 0.349 e. The molecule has 5 heteroatoms. The van der Waals surface area contributed by atoms with Gasteiger partial charge in [0.1, 0.15) is 0 Å². The van der Waals surface area contributed by atoms with Crippen molar-refractivity contribution in [1.29, 1.82) is 0 Å². The van der Waals surface area contributed by atoms with Gasteiger partial charge >= 0.3 is 0 Å². The Bertz CT molecular complexity index is 836. The first kappa shape index (κ1) is 26.1. The van der Waals surface area contributed by atoms with Crippen molar-refractivity contribution in [2.75, 3.05) is 0 Å². The van der Waals surface area contributed by atoms with Crippen LogP contribution in [-0.2, 0) is 0 Å². The third-order valence-electron chi connectivity index (χ3n) is 8.05. The van der Waals surface area contributed by atoms with E-state index in [2.05, 4.69) is 52.2 Å². The molecular formula is C28H43ClN2O2. The first-order chi connectivity index (χ1) is 15.3. The lowest BCUT2D eigenvalue weighted by molar-refractivity contribution is 0.0902. The monoisotopic (exact) mass is 474 g/mol. The minimum absolute atomic E-state index is 0.120. The average Bonchev–Trinajstić information content (AvgIpc) is 2.73. The quantitative estimate of drug-likeness (QED) is 0.493. The van der Waals surface area contributed by atoms with Crippen molar-refractivity contribution in [2.24, 2.45) is 22.7 Å². The summed E-state index contributed by atoms with van der Waals surface area (Å²) in [6.07, 6.45) is 8.52. The van der Waals surface area contributed by atoms with Crippen molar-refractivity contribution in [3.8, 4) is 0 Å². The van der Waals surface area contributed by atoms with Gasteiger partial charge in [0, 0.05) is 17.6 Å². The minimum atomic E-state index is -0.181. The number of nitrogens with one attached hydrogen (secondary N) is 2. The summed E-state index contributed by atoms with van der Waals surface area (Å²) >= 11 is 6.35. The fraction of sp³-hybridized carbons (Fsp3) is 0.714. The maximum absolute atomic E-state index is 13.0. The molecule has 2 N–H and O–H groups in total. The highest BCUT2D eigenvalue weighted by molar-refractivity contribution is 6.34. The molecule has 0 aliphatic heterocycles. The van der Waals surface area contributed by atoms with Gasteiger partial charge < -0.3 is 10.6 Å². The molecule has 0 radical (unpaired) electrons. The molecule has 2 saturated carbocycles. The molecule has 1 aromatic carbocycles. The number of benzene rings is 1. The molecular weight excluding hydrogens is 432 g/mol. The topological polar surface area (TPSA) is 58.2 Å². The molecule has 33 heavy (non-hydrogen) atoms. The molecule has 0 aromatic heterocycles. The Morgan fingerprint density at radius 1 is 0.727 bits per heavy atom. The smallest absolute Gasteiger partial charge is 0.253 e. The van der Waals surface area contributed by atoms with Crippen molar-refractivity contribution < 1.29 is 9.59 Å². The van der Waals surface area contributed by atoms with E-state index in [-0.39, 0.29) is 23.9 Å². The third kappa shape index (κ3) is 6.97. The summed E-state index contributed by atoms with van der Waals surface area (Å²) in [7, 11) is 0. The van der Waals surface area contributed by atoms with Crippen molar-refractivity contribution in [2.45, 2.75) is 105 Å². The molecule has 1 aromatic rings. The zero-order valence-corrected chi connectivity index (χ0v) is 22.1. The Morgan fingerprint density at radius 2 is 1.15 bits per heavy atom.